The molecule has 1 amide bonds. The molecule has 1 aliphatic rings. The molecule has 1 N–H and O–H groups in total. The highest BCUT2D eigenvalue weighted by atomic mass is 35.5. The van der Waals surface area contributed by atoms with Gasteiger partial charge in [-0.3, -0.25) is 4.79 Å². The Morgan fingerprint density at radius 1 is 0.953 bits per heavy atom. The third-order valence-corrected chi connectivity index (χ3v) is 8.63. The molecule has 3 aromatic carbocycles. The number of nitriles is 1. The van der Waals surface area contributed by atoms with E-state index in [0.717, 1.165) is 29.0 Å². The molecule has 4 nitrogen and oxygen atoms in total. The number of halogens is 2. The van der Waals surface area contributed by atoms with E-state index >= 15 is 0 Å². The Morgan fingerprint density at radius 2 is 1.58 bits per heavy atom. The molecule has 0 aliphatic carbocycles. The molecule has 0 spiro atoms. The average molecular weight is 623 g/mol. The van der Waals surface area contributed by atoms with E-state index in [1.54, 1.807) is 18.2 Å². The Kier molecular flexibility index (Phi) is 16.4. The lowest BCUT2D eigenvalue weighted by molar-refractivity contribution is -0.114. The number of amides is 1. The highest BCUT2D eigenvalue weighted by molar-refractivity contribution is 6.35. The number of carbonyl (C=O) groups is 1. The average Bonchev–Trinajstić information content (AvgIpc) is 3.00. The molecular formula is C37H49Cl2N3O. The predicted molar refractivity (Wildman–Crippen MR) is 185 cm³/mol. The molecule has 6 heteroatoms. The van der Waals surface area contributed by atoms with Crippen molar-refractivity contribution in [2.75, 3.05) is 18.4 Å². The van der Waals surface area contributed by atoms with Gasteiger partial charge in [0.1, 0.15) is 0 Å². The number of anilines is 1. The normalized spacial score (nSPS) is 14.7. The summed E-state index contributed by atoms with van der Waals surface area (Å²) in [6.45, 7) is 15.6. The molecule has 4 rings (SSSR count). The van der Waals surface area contributed by atoms with Gasteiger partial charge in [-0.25, -0.2) is 0 Å². The Morgan fingerprint density at radius 3 is 2.09 bits per heavy atom. The van der Waals surface area contributed by atoms with Crippen LogP contribution in [0.5, 0.6) is 0 Å². The number of hydrogen-bond donors (Lipinski definition) is 1. The van der Waals surface area contributed by atoms with Crippen LogP contribution in [0.4, 0.5) is 5.69 Å². The summed E-state index contributed by atoms with van der Waals surface area (Å²) in [5, 5.41) is 12.4. The summed E-state index contributed by atoms with van der Waals surface area (Å²) < 4.78 is 0. The Hall–Kier alpha value is -2.84. The number of rotatable bonds is 8. The molecular weight excluding hydrogens is 573 g/mol. The van der Waals surface area contributed by atoms with Gasteiger partial charge in [0.05, 0.1) is 11.6 Å². The molecule has 1 aliphatic heterocycles. The van der Waals surface area contributed by atoms with E-state index in [0.29, 0.717) is 21.3 Å². The minimum atomic E-state index is -0.145. The van der Waals surface area contributed by atoms with Gasteiger partial charge in [-0.15, -0.1) is 0 Å². The zero-order valence-corrected chi connectivity index (χ0v) is 28.3. The summed E-state index contributed by atoms with van der Waals surface area (Å²) in [6, 6.07) is 23.8. The zero-order chi connectivity index (χ0) is 31.8. The molecule has 0 radical (unpaired) electrons. The van der Waals surface area contributed by atoms with Gasteiger partial charge >= 0.3 is 0 Å². The lowest BCUT2D eigenvalue weighted by Gasteiger charge is -2.39. The SMILES string of the molecule is CC(=O)Nc1cc(Cl)cc(Cl)c1.CCCC(CC)N1CCC(C(C)CC)CC1.Cc1ccc(-c2cccc(C#N)c2)cc1. The fraction of sp³-hybridized carbons (Fsp3) is 0.459. The third kappa shape index (κ3) is 13.1. The van der Waals surface area contributed by atoms with Gasteiger partial charge in [-0.2, -0.15) is 5.26 Å². The van der Waals surface area contributed by atoms with Crippen LogP contribution in [0.25, 0.3) is 11.1 Å². The molecule has 1 heterocycles. The van der Waals surface area contributed by atoms with Gasteiger partial charge in [0.2, 0.25) is 5.91 Å². The molecule has 2 unspecified atom stereocenters. The van der Waals surface area contributed by atoms with Crippen LogP contribution in [0.15, 0.2) is 66.7 Å². The van der Waals surface area contributed by atoms with E-state index in [-0.39, 0.29) is 5.91 Å². The van der Waals surface area contributed by atoms with Crippen LogP contribution in [-0.2, 0) is 4.79 Å². The number of nitrogens with zero attached hydrogens (tertiary/aromatic N) is 2. The molecule has 2 atom stereocenters. The van der Waals surface area contributed by atoms with Crippen LogP contribution in [0.1, 0.15) is 84.3 Å². The van der Waals surface area contributed by atoms with Crippen molar-refractivity contribution in [1.29, 1.82) is 5.26 Å². The topological polar surface area (TPSA) is 56.1 Å². The maximum Gasteiger partial charge on any atom is 0.221 e. The highest BCUT2D eigenvalue weighted by Crippen LogP contribution is 2.29. The Bertz CT molecular complexity index is 1270. The van der Waals surface area contributed by atoms with E-state index in [4.69, 9.17) is 28.5 Å². The van der Waals surface area contributed by atoms with Crippen LogP contribution in [0.3, 0.4) is 0 Å². The summed E-state index contributed by atoms with van der Waals surface area (Å²) in [5.74, 6) is 1.79. The number of hydrogen-bond acceptors (Lipinski definition) is 3. The fourth-order valence-electron chi connectivity index (χ4n) is 5.51. The monoisotopic (exact) mass is 621 g/mol. The number of aryl methyl sites for hydroxylation is 1. The van der Waals surface area contributed by atoms with Crippen LogP contribution < -0.4 is 5.32 Å². The molecule has 1 fully saturated rings. The van der Waals surface area contributed by atoms with Gasteiger partial charge in [0.15, 0.2) is 0 Å². The van der Waals surface area contributed by atoms with Crippen molar-refractivity contribution in [3.63, 3.8) is 0 Å². The lowest BCUT2D eigenvalue weighted by Crippen LogP contribution is -2.42. The molecule has 0 saturated carbocycles. The van der Waals surface area contributed by atoms with Gasteiger partial charge < -0.3 is 10.2 Å². The molecule has 232 valence electrons. The first kappa shape index (κ1) is 36.4. The number of carbonyl (C=O) groups excluding carboxylic acids is 1. The largest absolute Gasteiger partial charge is 0.326 e. The number of piperidine rings is 1. The van der Waals surface area contributed by atoms with Gasteiger partial charge in [-0.05, 0) is 99.0 Å². The van der Waals surface area contributed by atoms with Crippen LogP contribution in [-0.4, -0.2) is 29.9 Å². The van der Waals surface area contributed by atoms with Crippen molar-refractivity contribution in [2.24, 2.45) is 11.8 Å². The first-order chi connectivity index (χ1) is 20.6. The van der Waals surface area contributed by atoms with Crippen LogP contribution in [0, 0.1) is 30.1 Å². The summed E-state index contributed by atoms with van der Waals surface area (Å²) in [5.41, 5.74) is 4.80. The smallest absolute Gasteiger partial charge is 0.221 e. The van der Waals surface area contributed by atoms with Gasteiger partial charge in [0, 0.05) is 28.7 Å². The summed E-state index contributed by atoms with van der Waals surface area (Å²) >= 11 is 11.4. The molecule has 43 heavy (non-hydrogen) atoms. The molecule has 0 bridgehead atoms. The van der Waals surface area contributed by atoms with E-state index in [1.807, 2.05) is 24.3 Å². The van der Waals surface area contributed by atoms with Crippen LogP contribution >= 0.6 is 23.2 Å². The molecule has 1 saturated heterocycles. The highest BCUT2D eigenvalue weighted by Gasteiger charge is 2.25. The molecule has 3 aromatic rings. The quantitative estimate of drug-likeness (QED) is 0.272. The summed E-state index contributed by atoms with van der Waals surface area (Å²) in [4.78, 5) is 13.4. The summed E-state index contributed by atoms with van der Waals surface area (Å²) in [7, 11) is 0. The molecule has 0 aromatic heterocycles. The second kappa shape index (κ2) is 19.4. The standard InChI is InChI=1S/C15H31N.C14H11N.C8H7Cl2NO/c1-5-8-15(7-3)16-11-9-14(10-12-16)13(4)6-2;1-11-5-7-13(8-6-11)14-4-2-3-12(9-14)10-15;1-5(12)11-8-3-6(9)2-7(10)4-8/h13-15H,5-12H2,1-4H3;2-9H,1H3;2-4H,1H3,(H,11,12). The van der Waals surface area contributed by atoms with E-state index in [2.05, 4.69) is 75.2 Å². The van der Waals surface area contributed by atoms with Crippen molar-refractivity contribution in [3.8, 4) is 17.2 Å². The Labute approximate surface area is 270 Å². The maximum atomic E-state index is 10.6. The number of likely N-dealkylation sites (tertiary alicyclic amines) is 1. The first-order valence-electron chi connectivity index (χ1n) is 15.6. The van der Waals surface area contributed by atoms with E-state index < -0.39 is 0 Å². The minimum absolute atomic E-state index is 0.145. The maximum absolute atomic E-state index is 10.6. The lowest BCUT2D eigenvalue weighted by atomic mass is 9.83. The summed E-state index contributed by atoms with van der Waals surface area (Å²) in [6.07, 6.45) is 8.30. The van der Waals surface area contributed by atoms with E-state index in [1.165, 1.54) is 64.1 Å². The van der Waals surface area contributed by atoms with Crippen molar-refractivity contribution in [3.05, 3.63) is 87.9 Å². The first-order valence-corrected chi connectivity index (χ1v) is 16.4. The van der Waals surface area contributed by atoms with Crippen LogP contribution in [0.2, 0.25) is 10.0 Å². The van der Waals surface area contributed by atoms with Gasteiger partial charge in [0.25, 0.3) is 0 Å². The van der Waals surface area contributed by atoms with E-state index in [9.17, 15) is 4.79 Å². The second-order valence-electron chi connectivity index (χ2n) is 11.5. The number of nitrogens with one attached hydrogen (secondary N) is 1. The minimum Gasteiger partial charge on any atom is -0.326 e. The van der Waals surface area contributed by atoms with Crippen molar-refractivity contribution in [1.82, 2.24) is 4.90 Å². The zero-order valence-electron chi connectivity index (χ0n) is 26.8. The van der Waals surface area contributed by atoms with Gasteiger partial charge in [-0.1, -0.05) is 106 Å². The Balaban J connectivity index is 0.000000227. The van der Waals surface area contributed by atoms with Crippen molar-refractivity contribution < 1.29 is 4.79 Å². The fourth-order valence-corrected chi connectivity index (χ4v) is 6.03. The third-order valence-electron chi connectivity index (χ3n) is 8.19. The number of benzene rings is 3. The second-order valence-corrected chi connectivity index (χ2v) is 12.4. The predicted octanol–water partition coefficient (Wildman–Crippen LogP) is 10.8. The van der Waals surface area contributed by atoms with Crippen molar-refractivity contribution in [2.45, 2.75) is 86.1 Å². The van der Waals surface area contributed by atoms with Crippen molar-refractivity contribution >= 4 is 34.8 Å².